The minimum absolute atomic E-state index is 0.136. The number of Topliss-reactive ketones (excluding diaryl/α,β-unsaturated/α-hetero) is 1. The lowest BCUT2D eigenvalue weighted by Gasteiger charge is -2.09. The third-order valence-electron chi connectivity index (χ3n) is 4.05. The molecule has 0 spiro atoms. The molecule has 1 aromatic heterocycles. The van der Waals surface area contributed by atoms with E-state index in [1.54, 1.807) is 12.1 Å². The first-order valence-electron chi connectivity index (χ1n) is 8.64. The Morgan fingerprint density at radius 1 is 1.00 bits per heavy atom. The van der Waals surface area contributed by atoms with Crippen LogP contribution in [0.4, 0.5) is 0 Å². The lowest BCUT2D eigenvalue weighted by atomic mass is 10.1. The average Bonchev–Trinajstić information content (AvgIpc) is 3.20. The summed E-state index contributed by atoms with van der Waals surface area (Å²) in [5, 5.41) is 4.08. The van der Waals surface area contributed by atoms with Crippen molar-refractivity contribution in [2.24, 2.45) is 0 Å². The lowest BCUT2D eigenvalue weighted by molar-refractivity contribution is -0.118. The quantitative estimate of drug-likeness (QED) is 0.408. The molecule has 0 amide bonds. The van der Waals surface area contributed by atoms with Crippen LogP contribution in [0.25, 0.3) is 5.69 Å². The standard InChI is InChI=1S/C21H20Cl2N2O2/c22-20-8-3-16(14-21(20)23)13-18(26)9-10-24-15-27-19-6-4-17(5-7-19)25-11-1-2-12-25/h1-8,11-12,14,24H,9-10,13,15H2. The molecule has 0 saturated carbocycles. The van der Waals surface area contributed by atoms with Gasteiger partial charge in [0.2, 0.25) is 0 Å². The van der Waals surface area contributed by atoms with E-state index in [0.717, 1.165) is 17.0 Å². The fraction of sp³-hybridized carbons (Fsp3) is 0.190. The van der Waals surface area contributed by atoms with Gasteiger partial charge in [-0.15, -0.1) is 0 Å². The van der Waals surface area contributed by atoms with E-state index in [0.29, 0.717) is 36.2 Å². The van der Waals surface area contributed by atoms with Crippen molar-refractivity contribution in [2.45, 2.75) is 12.8 Å². The van der Waals surface area contributed by atoms with Crippen molar-refractivity contribution >= 4 is 29.0 Å². The van der Waals surface area contributed by atoms with E-state index in [9.17, 15) is 4.79 Å². The van der Waals surface area contributed by atoms with Crippen LogP contribution >= 0.6 is 23.2 Å². The van der Waals surface area contributed by atoms with Gasteiger partial charge in [-0.25, -0.2) is 0 Å². The van der Waals surface area contributed by atoms with Crippen LogP contribution in [-0.4, -0.2) is 23.6 Å². The van der Waals surface area contributed by atoms with Gasteiger partial charge in [0.25, 0.3) is 0 Å². The number of benzene rings is 2. The number of halogens is 2. The molecule has 0 atom stereocenters. The van der Waals surface area contributed by atoms with Crippen LogP contribution in [-0.2, 0) is 11.2 Å². The van der Waals surface area contributed by atoms with Crippen LogP contribution in [0.5, 0.6) is 5.75 Å². The molecule has 0 aliphatic carbocycles. The zero-order valence-electron chi connectivity index (χ0n) is 14.7. The molecule has 2 aromatic carbocycles. The highest BCUT2D eigenvalue weighted by molar-refractivity contribution is 6.42. The zero-order valence-corrected chi connectivity index (χ0v) is 16.2. The maximum Gasteiger partial charge on any atom is 0.139 e. The van der Waals surface area contributed by atoms with Gasteiger partial charge in [-0.05, 0) is 54.1 Å². The van der Waals surface area contributed by atoms with E-state index in [2.05, 4.69) is 5.32 Å². The van der Waals surface area contributed by atoms with Gasteiger partial charge in [-0.3, -0.25) is 10.1 Å². The molecule has 3 aromatic rings. The summed E-state index contributed by atoms with van der Waals surface area (Å²) in [4.78, 5) is 12.0. The highest BCUT2D eigenvalue weighted by atomic mass is 35.5. The van der Waals surface area contributed by atoms with Gasteiger partial charge < -0.3 is 9.30 Å². The van der Waals surface area contributed by atoms with Crippen molar-refractivity contribution in [2.75, 3.05) is 13.3 Å². The molecule has 0 bridgehead atoms. The topological polar surface area (TPSA) is 43.3 Å². The summed E-state index contributed by atoms with van der Waals surface area (Å²) in [6.07, 6.45) is 4.76. The Morgan fingerprint density at radius 3 is 2.44 bits per heavy atom. The first kappa shape index (κ1) is 19.5. The molecule has 4 nitrogen and oxygen atoms in total. The first-order valence-corrected chi connectivity index (χ1v) is 9.40. The number of nitrogens with one attached hydrogen (secondary N) is 1. The Labute approximate surface area is 168 Å². The predicted molar refractivity (Wildman–Crippen MR) is 109 cm³/mol. The minimum Gasteiger partial charge on any atom is -0.478 e. The number of hydrogen-bond donors (Lipinski definition) is 1. The lowest BCUT2D eigenvalue weighted by Crippen LogP contribution is -2.23. The highest BCUT2D eigenvalue weighted by Crippen LogP contribution is 2.23. The van der Waals surface area contributed by atoms with Crippen LogP contribution < -0.4 is 10.1 Å². The van der Waals surface area contributed by atoms with Crippen molar-refractivity contribution in [3.8, 4) is 11.4 Å². The van der Waals surface area contributed by atoms with Crippen LogP contribution in [0, 0.1) is 0 Å². The number of carbonyl (C=O) groups excluding carboxylic acids is 1. The van der Waals surface area contributed by atoms with E-state index >= 15 is 0 Å². The molecule has 0 saturated heterocycles. The van der Waals surface area contributed by atoms with Crippen LogP contribution in [0.3, 0.4) is 0 Å². The van der Waals surface area contributed by atoms with Gasteiger partial charge in [-0.2, -0.15) is 0 Å². The number of aromatic nitrogens is 1. The Hall–Kier alpha value is -2.27. The Kier molecular flexibility index (Phi) is 6.93. The number of ether oxygens (including phenoxy) is 1. The summed E-state index contributed by atoms with van der Waals surface area (Å²) in [6, 6.07) is 17.1. The van der Waals surface area contributed by atoms with Crippen LogP contribution in [0.1, 0.15) is 12.0 Å². The number of ketones is 1. The molecular weight excluding hydrogens is 383 g/mol. The summed E-state index contributed by atoms with van der Waals surface area (Å²) in [6.45, 7) is 0.907. The molecule has 3 rings (SSSR count). The normalized spacial score (nSPS) is 10.7. The Balaban J connectivity index is 1.35. The average molecular weight is 403 g/mol. The molecule has 0 fully saturated rings. The Morgan fingerprint density at radius 2 is 1.74 bits per heavy atom. The van der Waals surface area contributed by atoms with Crippen LogP contribution in [0.2, 0.25) is 10.0 Å². The monoisotopic (exact) mass is 402 g/mol. The highest BCUT2D eigenvalue weighted by Gasteiger charge is 2.06. The van der Waals surface area contributed by atoms with Gasteiger partial charge in [-0.1, -0.05) is 29.3 Å². The maximum atomic E-state index is 12.0. The maximum absolute atomic E-state index is 12.0. The predicted octanol–water partition coefficient (Wildman–Crippen LogP) is 4.91. The van der Waals surface area contributed by atoms with Crippen molar-refractivity contribution in [3.05, 3.63) is 82.6 Å². The van der Waals surface area contributed by atoms with Gasteiger partial charge in [0.15, 0.2) is 0 Å². The number of carbonyl (C=O) groups is 1. The van der Waals surface area contributed by atoms with E-state index < -0.39 is 0 Å². The second kappa shape index (κ2) is 9.60. The number of hydrogen-bond acceptors (Lipinski definition) is 3. The summed E-state index contributed by atoms with van der Waals surface area (Å²) < 4.78 is 7.67. The largest absolute Gasteiger partial charge is 0.478 e. The van der Waals surface area contributed by atoms with Crippen LogP contribution in [0.15, 0.2) is 67.0 Å². The van der Waals surface area contributed by atoms with Gasteiger partial charge in [0.1, 0.15) is 18.3 Å². The first-order chi connectivity index (χ1) is 13.1. The molecule has 0 unspecified atom stereocenters. The molecule has 140 valence electrons. The second-order valence-electron chi connectivity index (χ2n) is 6.09. The molecule has 0 radical (unpaired) electrons. The molecule has 6 heteroatoms. The van der Waals surface area contributed by atoms with E-state index in [1.165, 1.54) is 0 Å². The number of nitrogens with zero attached hydrogens (tertiary/aromatic N) is 1. The van der Waals surface area contributed by atoms with Gasteiger partial charge in [0, 0.05) is 37.5 Å². The second-order valence-corrected chi connectivity index (χ2v) is 6.90. The van der Waals surface area contributed by atoms with Gasteiger partial charge >= 0.3 is 0 Å². The molecule has 0 aliphatic heterocycles. The SMILES string of the molecule is O=C(CCNCOc1ccc(-n2cccc2)cc1)Cc1ccc(Cl)c(Cl)c1. The fourth-order valence-corrected chi connectivity index (χ4v) is 2.94. The van der Waals surface area contributed by atoms with Crippen molar-refractivity contribution in [1.29, 1.82) is 0 Å². The van der Waals surface area contributed by atoms with E-state index in [-0.39, 0.29) is 5.78 Å². The van der Waals surface area contributed by atoms with Gasteiger partial charge in [0.05, 0.1) is 10.0 Å². The van der Waals surface area contributed by atoms with E-state index in [1.807, 2.05) is 59.4 Å². The third-order valence-corrected chi connectivity index (χ3v) is 4.79. The summed E-state index contributed by atoms with van der Waals surface area (Å²) in [5.41, 5.74) is 1.95. The molecule has 1 heterocycles. The fourth-order valence-electron chi connectivity index (χ4n) is 2.62. The van der Waals surface area contributed by atoms with E-state index in [4.69, 9.17) is 27.9 Å². The molecular formula is C21H20Cl2N2O2. The molecule has 27 heavy (non-hydrogen) atoms. The number of rotatable bonds is 9. The third kappa shape index (κ3) is 5.86. The zero-order chi connectivity index (χ0) is 19.1. The summed E-state index contributed by atoms with van der Waals surface area (Å²) in [5.74, 6) is 0.914. The smallest absolute Gasteiger partial charge is 0.139 e. The van der Waals surface area contributed by atoms with Crippen molar-refractivity contribution in [3.63, 3.8) is 0 Å². The van der Waals surface area contributed by atoms with Crippen molar-refractivity contribution in [1.82, 2.24) is 9.88 Å². The molecule has 0 aliphatic rings. The minimum atomic E-state index is 0.136. The summed E-state index contributed by atoms with van der Waals surface area (Å²) in [7, 11) is 0. The Bertz CT molecular complexity index is 878. The molecule has 1 N–H and O–H groups in total. The summed E-state index contributed by atoms with van der Waals surface area (Å²) >= 11 is 11.8. The van der Waals surface area contributed by atoms with Crippen molar-refractivity contribution < 1.29 is 9.53 Å².